The number of nitrogens with zero attached hydrogens (tertiary/aromatic N) is 3. The molecular formula is C34H33Cl4N3O3. The molecule has 1 aromatic heterocycles. The summed E-state index contributed by atoms with van der Waals surface area (Å²) in [7, 11) is 0. The molecule has 0 unspecified atom stereocenters. The van der Waals surface area contributed by atoms with Gasteiger partial charge in [0, 0.05) is 61.3 Å². The summed E-state index contributed by atoms with van der Waals surface area (Å²) in [6, 6.07) is 22.9. The first-order valence-electron chi connectivity index (χ1n) is 14.1. The van der Waals surface area contributed by atoms with Crippen LogP contribution in [0.3, 0.4) is 0 Å². The monoisotopic (exact) mass is 671 g/mol. The Morgan fingerprint density at radius 3 is 2.16 bits per heavy atom. The van der Waals surface area contributed by atoms with Crippen LogP contribution < -0.4 is 9.47 Å². The predicted molar refractivity (Wildman–Crippen MR) is 181 cm³/mol. The minimum Gasteiger partial charge on any atom is -0.492 e. The lowest BCUT2D eigenvalue weighted by Crippen LogP contribution is -2.47. The summed E-state index contributed by atoms with van der Waals surface area (Å²) in [5.41, 5.74) is 4.02. The van der Waals surface area contributed by atoms with E-state index in [1.54, 1.807) is 30.5 Å². The Labute approximate surface area is 279 Å². The van der Waals surface area contributed by atoms with Crippen LogP contribution in [0.1, 0.15) is 22.3 Å². The maximum absolute atomic E-state index is 12.9. The third-order valence-electron chi connectivity index (χ3n) is 7.16. The molecule has 4 aromatic rings. The minimum atomic E-state index is -0.0140. The molecule has 1 amide bonds. The van der Waals surface area contributed by atoms with Crippen LogP contribution in [-0.4, -0.2) is 53.5 Å². The number of benzene rings is 3. The Balaban J connectivity index is 0.00000442. The Hall–Kier alpha value is -3.26. The Bertz CT molecular complexity index is 1530. The highest BCUT2D eigenvalue weighted by Gasteiger charge is 2.20. The lowest BCUT2D eigenvalue weighted by atomic mass is 10.1. The SMILES string of the molecule is Cc1cc(/C=C/C(=O)N2CCN(Cc3ccc(Cl)cc3)CC2)cc(Cl)c1Oc1ccc(OCCc2ccc(Cl)cc2)cn1.Cl. The van der Waals surface area contributed by atoms with E-state index in [1.807, 2.05) is 72.5 Å². The maximum atomic E-state index is 12.9. The highest BCUT2D eigenvalue weighted by molar-refractivity contribution is 6.32. The summed E-state index contributed by atoms with van der Waals surface area (Å²) in [5, 5.41) is 1.89. The lowest BCUT2D eigenvalue weighted by Gasteiger charge is -2.34. The van der Waals surface area contributed by atoms with Crippen LogP contribution in [-0.2, 0) is 17.8 Å². The zero-order valence-electron chi connectivity index (χ0n) is 24.2. The number of carbonyl (C=O) groups is 1. The first-order chi connectivity index (χ1) is 20.8. The third kappa shape index (κ3) is 9.62. The molecule has 0 spiro atoms. The average molecular weight is 673 g/mol. The molecule has 2 heterocycles. The number of rotatable bonds is 10. The Kier molecular flexibility index (Phi) is 12.4. The largest absolute Gasteiger partial charge is 0.492 e. The fourth-order valence-corrected chi connectivity index (χ4v) is 5.35. The number of carbonyl (C=O) groups excluding carboxylic acids is 1. The van der Waals surface area contributed by atoms with E-state index in [-0.39, 0.29) is 18.3 Å². The number of aromatic nitrogens is 1. The first-order valence-corrected chi connectivity index (χ1v) is 15.2. The quantitative estimate of drug-likeness (QED) is 0.158. The normalized spacial score (nSPS) is 13.5. The molecule has 0 bridgehead atoms. The molecule has 1 aliphatic rings. The number of piperazine rings is 1. The number of pyridine rings is 1. The van der Waals surface area contributed by atoms with Gasteiger partial charge in [0.05, 0.1) is 17.8 Å². The van der Waals surface area contributed by atoms with Crippen LogP contribution >= 0.6 is 47.2 Å². The molecule has 0 atom stereocenters. The second-order valence-corrected chi connectivity index (χ2v) is 11.6. The van der Waals surface area contributed by atoms with Crippen LogP contribution in [0.15, 0.2) is 85.1 Å². The van der Waals surface area contributed by atoms with Gasteiger partial charge in [-0.25, -0.2) is 4.98 Å². The molecule has 5 rings (SSSR count). The lowest BCUT2D eigenvalue weighted by molar-refractivity contribution is -0.127. The number of amides is 1. The molecule has 1 fully saturated rings. The van der Waals surface area contributed by atoms with Crippen molar-refractivity contribution in [3.63, 3.8) is 0 Å². The van der Waals surface area contributed by atoms with Crippen LogP contribution in [0.4, 0.5) is 0 Å². The van der Waals surface area contributed by atoms with Gasteiger partial charge in [0.2, 0.25) is 11.8 Å². The predicted octanol–water partition coefficient (Wildman–Crippen LogP) is 8.54. The highest BCUT2D eigenvalue weighted by Crippen LogP contribution is 2.34. The van der Waals surface area contributed by atoms with E-state index in [2.05, 4.69) is 9.88 Å². The Morgan fingerprint density at radius 1 is 0.886 bits per heavy atom. The van der Waals surface area contributed by atoms with E-state index in [0.29, 0.717) is 47.1 Å². The van der Waals surface area contributed by atoms with Crippen LogP contribution in [0.25, 0.3) is 6.08 Å². The van der Waals surface area contributed by atoms with Crippen molar-refractivity contribution in [2.75, 3.05) is 32.8 Å². The molecule has 44 heavy (non-hydrogen) atoms. The van der Waals surface area contributed by atoms with E-state index in [1.165, 1.54) is 5.56 Å². The summed E-state index contributed by atoms with van der Waals surface area (Å²) >= 11 is 18.5. The van der Waals surface area contributed by atoms with Gasteiger partial charge in [0.25, 0.3) is 0 Å². The van der Waals surface area contributed by atoms with Gasteiger partial charge in [-0.2, -0.15) is 0 Å². The number of hydrogen-bond donors (Lipinski definition) is 0. The second kappa shape index (κ2) is 16.2. The Morgan fingerprint density at radius 2 is 1.55 bits per heavy atom. The maximum Gasteiger partial charge on any atom is 0.246 e. The van der Waals surface area contributed by atoms with Gasteiger partial charge in [0.15, 0.2) is 5.75 Å². The van der Waals surface area contributed by atoms with Crippen LogP contribution in [0.2, 0.25) is 15.1 Å². The average Bonchev–Trinajstić information content (AvgIpc) is 3.01. The van der Waals surface area contributed by atoms with Gasteiger partial charge in [-0.1, -0.05) is 59.1 Å². The summed E-state index contributed by atoms with van der Waals surface area (Å²) in [6.07, 6.45) is 5.78. The topological polar surface area (TPSA) is 54.9 Å². The van der Waals surface area contributed by atoms with Gasteiger partial charge >= 0.3 is 0 Å². The molecule has 1 aliphatic heterocycles. The molecule has 0 saturated carbocycles. The van der Waals surface area contributed by atoms with Crippen LogP contribution in [0.5, 0.6) is 17.4 Å². The van der Waals surface area contributed by atoms with Crippen molar-refractivity contribution in [1.82, 2.24) is 14.8 Å². The zero-order chi connectivity index (χ0) is 30.2. The standard InChI is InChI=1S/C34H32Cl3N3O3.ClH/c1-24-20-27(6-13-33(41)40-17-15-39(16-18-40)23-26-4-9-29(36)10-5-26)21-31(37)34(24)43-32-12-11-30(22-38-32)42-19-14-25-2-7-28(35)8-3-25;/h2-13,20-22H,14-19,23H2,1H3;1H/b13-6+;. The fraction of sp³-hybridized carbons (Fsp3) is 0.235. The summed E-state index contributed by atoms with van der Waals surface area (Å²) in [6.45, 7) is 6.29. The molecule has 0 aliphatic carbocycles. The van der Waals surface area contributed by atoms with Crippen molar-refractivity contribution in [3.05, 3.63) is 122 Å². The van der Waals surface area contributed by atoms with Crippen molar-refractivity contribution >= 4 is 59.2 Å². The molecule has 0 N–H and O–H groups in total. The number of aryl methyl sites for hydroxylation is 1. The van der Waals surface area contributed by atoms with Crippen LogP contribution in [0, 0.1) is 6.92 Å². The van der Waals surface area contributed by atoms with Gasteiger partial charge in [-0.3, -0.25) is 9.69 Å². The molecule has 1 saturated heterocycles. The fourth-order valence-electron chi connectivity index (χ4n) is 4.79. The highest BCUT2D eigenvalue weighted by atomic mass is 35.5. The van der Waals surface area contributed by atoms with E-state index in [4.69, 9.17) is 44.3 Å². The van der Waals surface area contributed by atoms with E-state index in [0.717, 1.165) is 47.8 Å². The number of halogens is 4. The van der Waals surface area contributed by atoms with Gasteiger partial charge in [-0.05, 0) is 77.7 Å². The van der Waals surface area contributed by atoms with Gasteiger partial charge in [-0.15, -0.1) is 12.4 Å². The van der Waals surface area contributed by atoms with E-state index >= 15 is 0 Å². The molecular weight excluding hydrogens is 640 g/mol. The van der Waals surface area contributed by atoms with Gasteiger partial charge < -0.3 is 14.4 Å². The molecule has 3 aromatic carbocycles. The molecule has 230 valence electrons. The molecule has 10 heteroatoms. The van der Waals surface area contributed by atoms with Crippen molar-refractivity contribution in [2.24, 2.45) is 0 Å². The first kappa shape index (κ1) is 33.6. The number of ether oxygens (including phenoxy) is 2. The third-order valence-corrected chi connectivity index (χ3v) is 7.95. The van der Waals surface area contributed by atoms with Crippen molar-refractivity contribution in [2.45, 2.75) is 19.9 Å². The summed E-state index contributed by atoms with van der Waals surface area (Å²) < 4.78 is 11.8. The second-order valence-electron chi connectivity index (χ2n) is 10.4. The zero-order valence-corrected chi connectivity index (χ0v) is 27.3. The van der Waals surface area contributed by atoms with Crippen molar-refractivity contribution in [3.8, 4) is 17.4 Å². The number of hydrogen-bond acceptors (Lipinski definition) is 5. The molecule has 0 radical (unpaired) electrons. The minimum absolute atomic E-state index is 0. The smallest absolute Gasteiger partial charge is 0.246 e. The van der Waals surface area contributed by atoms with Crippen molar-refractivity contribution < 1.29 is 14.3 Å². The van der Waals surface area contributed by atoms with E-state index < -0.39 is 0 Å². The molecule has 6 nitrogen and oxygen atoms in total. The summed E-state index contributed by atoms with van der Waals surface area (Å²) in [5.74, 6) is 1.56. The van der Waals surface area contributed by atoms with Crippen molar-refractivity contribution in [1.29, 1.82) is 0 Å². The van der Waals surface area contributed by atoms with E-state index in [9.17, 15) is 4.79 Å². The summed E-state index contributed by atoms with van der Waals surface area (Å²) in [4.78, 5) is 21.4. The van der Waals surface area contributed by atoms with Gasteiger partial charge in [0.1, 0.15) is 5.75 Å².